The van der Waals surface area contributed by atoms with E-state index in [1.54, 1.807) is 0 Å². The van der Waals surface area contributed by atoms with E-state index >= 15 is 0 Å². The molecule has 82 valence electrons. The summed E-state index contributed by atoms with van der Waals surface area (Å²) in [6, 6.07) is 0. The minimum Gasteiger partial charge on any atom is -0.315 e. The van der Waals surface area contributed by atoms with Crippen LogP contribution in [-0.4, -0.2) is 32.3 Å². The van der Waals surface area contributed by atoms with Crippen LogP contribution in [0.3, 0.4) is 0 Å². The summed E-state index contributed by atoms with van der Waals surface area (Å²) in [5.41, 5.74) is -0.129. The molecular weight excluding hydrogens is 200 g/mol. The maximum absolute atomic E-state index is 11.9. The van der Waals surface area contributed by atoms with Crippen molar-refractivity contribution in [3.8, 4) is 0 Å². The predicted octanol–water partition coefficient (Wildman–Crippen LogP) is 0.210. The Morgan fingerprint density at radius 2 is 2.14 bits per heavy atom. The van der Waals surface area contributed by atoms with Gasteiger partial charge >= 0.3 is 0 Å². The Bertz CT molecular complexity index is 303. The highest BCUT2D eigenvalue weighted by atomic mass is 32.2. The van der Waals surface area contributed by atoms with Crippen molar-refractivity contribution in [2.45, 2.75) is 43.4 Å². The molecule has 5 heteroatoms. The summed E-state index contributed by atoms with van der Waals surface area (Å²) >= 11 is 0. The molecule has 1 atom stereocenters. The average molecular weight is 218 g/mol. The van der Waals surface area contributed by atoms with E-state index in [9.17, 15) is 8.42 Å². The van der Waals surface area contributed by atoms with Gasteiger partial charge in [-0.25, -0.2) is 13.1 Å². The normalized spacial score (nSPS) is 31.4. The highest BCUT2D eigenvalue weighted by Crippen LogP contribution is 2.35. The molecule has 0 radical (unpaired) electrons. The van der Waals surface area contributed by atoms with Crippen LogP contribution >= 0.6 is 0 Å². The van der Waals surface area contributed by atoms with Crippen molar-refractivity contribution in [1.29, 1.82) is 0 Å². The Labute approximate surface area is 85.5 Å². The number of nitrogens with one attached hydrogen (secondary N) is 2. The van der Waals surface area contributed by atoms with Crippen LogP contribution in [-0.2, 0) is 10.0 Å². The molecular formula is C9H18N2O2S. The largest absolute Gasteiger partial charge is 0.315 e. The second kappa shape index (κ2) is 3.47. The number of sulfonamides is 1. The first-order chi connectivity index (χ1) is 6.52. The van der Waals surface area contributed by atoms with Crippen LogP contribution < -0.4 is 10.0 Å². The summed E-state index contributed by atoms with van der Waals surface area (Å²) in [4.78, 5) is 0. The Morgan fingerprint density at radius 3 is 2.64 bits per heavy atom. The zero-order valence-corrected chi connectivity index (χ0v) is 9.36. The number of piperidine rings is 1. The lowest BCUT2D eigenvalue weighted by molar-refractivity contribution is 0.482. The quantitative estimate of drug-likeness (QED) is 0.712. The van der Waals surface area contributed by atoms with Crippen LogP contribution in [0.4, 0.5) is 0 Å². The summed E-state index contributed by atoms with van der Waals surface area (Å²) < 4.78 is 26.6. The van der Waals surface area contributed by atoms with Crippen LogP contribution in [0.2, 0.25) is 0 Å². The standard InChI is InChI=1S/C9H18N2O2S/c1-9(4-5-9)11-14(12,13)8-3-2-6-10-7-8/h8,10-11H,2-7H2,1H3. The molecule has 1 saturated heterocycles. The lowest BCUT2D eigenvalue weighted by Gasteiger charge is -2.24. The molecule has 0 spiro atoms. The van der Waals surface area contributed by atoms with Gasteiger partial charge in [-0.1, -0.05) is 0 Å². The second-order valence-electron chi connectivity index (χ2n) is 4.68. The van der Waals surface area contributed by atoms with Crippen LogP contribution in [0.5, 0.6) is 0 Å². The third-order valence-electron chi connectivity index (χ3n) is 3.08. The van der Waals surface area contributed by atoms with Gasteiger partial charge in [0.15, 0.2) is 0 Å². The fourth-order valence-electron chi connectivity index (χ4n) is 1.80. The van der Waals surface area contributed by atoms with Crippen LogP contribution in [0.25, 0.3) is 0 Å². The summed E-state index contributed by atoms with van der Waals surface area (Å²) in [6.07, 6.45) is 3.71. The molecule has 4 nitrogen and oxygen atoms in total. The van der Waals surface area contributed by atoms with E-state index < -0.39 is 10.0 Å². The maximum Gasteiger partial charge on any atom is 0.216 e. The first kappa shape index (κ1) is 10.4. The van der Waals surface area contributed by atoms with E-state index in [4.69, 9.17) is 0 Å². The minimum absolute atomic E-state index is 0.129. The van der Waals surface area contributed by atoms with Crippen LogP contribution in [0, 0.1) is 0 Å². The average Bonchev–Trinajstić information content (AvgIpc) is 2.84. The Balaban J connectivity index is 1.99. The molecule has 0 aromatic heterocycles. The molecule has 2 aliphatic rings. The fraction of sp³-hybridized carbons (Fsp3) is 1.00. The van der Waals surface area contributed by atoms with Crippen molar-refractivity contribution >= 4 is 10.0 Å². The summed E-state index contributed by atoms with van der Waals surface area (Å²) in [6.45, 7) is 3.52. The van der Waals surface area contributed by atoms with Gasteiger partial charge in [0.25, 0.3) is 0 Å². The molecule has 0 amide bonds. The lowest BCUT2D eigenvalue weighted by atomic mass is 10.2. The van der Waals surface area contributed by atoms with E-state index in [1.165, 1.54) is 0 Å². The summed E-state index contributed by atoms with van der Waals surface area (Å²) in [5.74, 6) is 0. The molecule has 1 heterocycles. The molecule has 0 aromatic rings. The third-order valence-corrected chi connectivity index (χ3v) is 5.14. The first-order valence-corrected chi connectivity index (χ1v) is 6.80. The van der Waals surface area contributed by atoms with E-state index in [2.05, 4.69) is 10.0 Å². The van der Waals surface area contributed by atoms with E-state index in [0.29, 0.717) is 6.54 Å². The van der Waals surface area contributed by atoms with Gasteiger partial charge in [-0.3, -0.25) is 0 Å². The number of hydrogen-bond donors (Lipinski definition) is 2. The molecule has 0 bridgehead atoms. The minimum atomic E-state index is -3.09. The number of hydrogen-bond acceptors (Lipinski definition) is 3. The molecule has 1 aliphatic heterocycles. The zero-order chi connectivity index (χ0) is 10.2. The topological polar surface area (TPSA) is 58.2 Å². The number of rotatable bonds is 3. The van der Waals surface area contributed by atoms with Crippen LogP contribution in [0.15, 0.2) is 0 Å². The van der Waals surface area contributed by atoms with Crippen molar-refractivity contribution in [3.05, 3.63) is 0 Å². The maximum atomic E-state index is 11.9. The molecule has 1 aliphatic carbocycles. The smallest absolute Gasteiger partial charge is 0.216 e. The van der Waals surface area contributed by atoms with E-state index in [1.807, 2.05) is 6.92 Å². The molecule has 0 aromatic carbocycles. The van der Waals surface area contributed by atoms with E-state index in [-0.39, 0.29) is 10.8 Å². The highest BCUT2D eigenvalue weighted by Gasteiger charge is 2.43. The third kappa shape index (κ3) is 2.27. The van der Waals surface area contributed by atoms with Gasteiger partial charge in [0.2, 0.25) is 10.0 Å². The van der Waals surface area contributed by atoms with Gasteiger partial charge in [0, 0.05) is 12.1 Å². The van der Waals surface area contributed by atoms with Crippen molar-refractivity contribution in [2.24, 2.45) is 0 Å². The Kier molecular flexibility index (Phi) is 2.57. The first-order valence-electron chi connectivity index (χ1n) is 5.25. The second-order valence-corrected chi connectivity index (χ2v) is 6.64. The molecule has 14 heavy (non-hydrogen) atoms. The van der Waals surface area contributed by atoms with E-state index in [0.717, 1.165) is 32.2 Å². The van der Waals surface area contributed by atoms with Crippen molar-refractivity contribution < 1.29 is 8.42 Å². The SMILES string of the molecule is CC1(NS(=O)(=O)C2CCCNC2)CC1. The molecule has 2 rings (SSSR count). The molecule has 1 saturated carbocycles. The van der Waals surface area contributed by atoms with Crippen molar-refractivity contribution in [2.75, 3.05) is 13.1 Å². The van der Waals surface area contributed by atoms with Gasteiger partial charge in [-0.2, -0.15) is 0 Å². The van der Waals surface area contributed by atoms with Crippen molar-refractivity contribution in [3.63, 3.8) is 0 Å². The molecule has 1 unspecified atom stereocenters. The van der Waals surface area contributed by atoms with Gasteiger partial charge in [-0.15, -0.1) is 0 Å². The van der Waals surface area contributed by atoms with Crippen LogP contribution in [0.1, 0.15) is 32.6 Å². The van der Waals surface area contributed by atoms with Gasteiger partial charge in [0.05, 0.1) is 5.25 Å². The predicted molar refractivity (Wildman–Crippen MR) is 55.6 cm³/mol. The zero-order valence-electron chi connectivity index (χ0n) is 8.54. The van der Waals surface area contributed by atoms with Crippen molar-refractivity contribution in [1.82, 2.24) is 10.0 Å². The monoisotopic (exact) mass is 218 g/mol. The molecule has 2 fully saturated rings. The summed E-state index contributed by atoms with van der Waals surface area (Å²) in [7, 11) is -3.09. The Hall–Kier alpha value is -0.130. The Morgan fingerprint density at radius 1 is 1.43 bits per heavy atom. The van der Waals surface area contributed by atoms with Gasteiger partial charge in [0.1, 0.15) is 0 Å². The lowest BCUT2D eigenvalue weighted by Crippen LogP contribution is -2.47. The molecule has 2 N–H and O–H groups in total. The van der Waals surface area contributed by atoms with Gasteiger partial charge < -0.3 is 5.32 Å². The summed E-state index contributed by atoms with van der Waals surface area (Å²) in [5, 5.41) is 2.90. The fourth-order valence-corrected chi connectivity index (χ4v) is 3.67. The highest BCUT2D eigenvalue weighted by molar-refractivity contribution is 7.90. The van der Waals surface area contributed by atoms with Gasteiger partial charge in [-0.05, 0) is 39.2 Å².